The summed E-state index contributed by atoms with van der Waals surface area (Å²) in [5, 5.41) is 3.65. The second kappa shape index (κ2) is 14.3. The molecule has 11 heteroatoms. The van der Waals surface area contributed by atoms with Gasteiger partial charge in [0.1, 0.15) is 0 Å². The van der Waals surface area contributed by atoms with E-state index < -0.39 is 17.8 Å². The van der Waals surface area contributed by atoms with Gasteiger partial charge in [-0.05, 0) is 67.9 Å². The van der Waals surface area contributed by atoms with Gasteiger partial charge >= 0.3 is 6.18 Å². The van der Waals surface area contributed by atoms with Crippen LogP contribution in [0.15, 0.2) is 42.5 Å². The van der Waals surface area contributed by atoms with Gasteiger partial charge in [-0.2, -0.15) is 13.2 Å². The average molecular weight is 623 g/mol. The Bertz CT molecular complexity index is 1250. The number of halogens is 4. The third-order valence-corrected chi connectivity index (χ3v) is 8.44. The number of rotatable bonds is 10. The molecule has 43 heavy (non-hydrogen) atoms. The molecule has 2 heterocycles. The number of hydrogen-bond acceptors (Lipinski definition) is 5. The molecule has 0 aliphatic carbocycles. The zero-order valence-electron chi connectivity index (χ0n) is 25.3. The molecule has 2 amide bonds. The van der Waals surface area contributed by atoms with Crippen LogP contribution in [0.1, 0.15) is 55.3 Å². The van der Waals surface area contributed by atoms with E-state index in [0.717, 1.165) is 11.6 Å². The fraction of sp³-hybridized carbons (Fsp3) is 0.562. The molecule has 3 unspecified atom stereocenters. The lowest BCUT2D eigenvalue weighted by Crippen LogP contribution is -2.51. The number of anilines is 1. The molecule has 2 saturated heterocycles. The summed E-state index contributed by atoms with van der Waals surface area (Å²) in [6.45, 7) is 7.13. The smallest absolute Gasteiger partial charge is 0.380 e. The Balaban J connectivity index is 1.53. The van der Waals surface area contributed by atoms with Gasteiger partial charge in [0.15, 0.2) is 0 Å². The minimum atomic E-state index is -4.51. The molecule has 2 aliphatic rings. The van der Waals surface area contributed by atoms with Crippen molar-refractivity contribution >= 4 is 29.1 Å². The highest BCUT2D eigenvalue weighted by Gasteiger charge is 2.39. The van der Waals surface area contributed by atoms with Crippen molar-refractivity contribution in [1.82, 2.24) is 15.1 Å². The first-order valence-electron chi connectivity index (χ1n) is 14.9. The summed E-state index contributed by atoms with van der Waals surface area (Å²) in [4.78, 5) is 32.2. The second-order valence-electron chi connectivity index (χ2n) is 12.2. The van der Waals surface area contributed by atoms with Crippen LogP contribution in [-0.2, 0) is 20.5 Å². The van der Waals surface area contributed by atoms with Crippen molar-refractivity contribution < 1.29 is 27.5 Å². The second-order valence-corrected chi connectivity index (χ2v) is 12.6. The molecule has 2 fully saturated rings. The van der Waals surface area contributed by atoms with E-state index in [-0.39, 0.29) is 36.0 Å². The molecular formula is C32H42ClF3N4O3. The van der Waals surface area contributed by atoms with Crippen LogP contribution < -0.4 is 10.2 Å². The molecule has 4 rings (SSSR count). The highest BCUT2D eigenvalue weighted by Crippen LogP contribution is 2.38. The van der Waals surface area contributed by atoms with Gasteiger partial charge in [-0.1, -0.05) is 37.6 Å². The van der Waals surface area contributed by atoms with Crippen LogP contribution in [0.3, 0.4) is 0 Å². The normalized spacial score (nSPS) is 20.1. The minimum absolute atomic E-state index is 0.0237. The predicted molar refractivity (Wildman–Crippen MR) is 162 cm³/mol. The standard InChI is InChI=1S/C32H42ClF3N4O3/c1-21(2)17-28(37-30(41)11-12-38(3)4)25-18-23(32(34,35)36)7-10-29(25)39-13-15-40(16-14-39)31(42)27-20-43-19-26(27)22-5-8-24(33)9-6-22/h5-10,18,21,26-28H,11-17,19-20H2,1-4H3,(H,37,41). The lowest BCUT2D eigenvalue weighted by Gasteiger charge is -2.39. The molecule has 1 N–H and O–H groups in total. The van der Waals surface area contributed by atoms with Crippen LogP contribution in [0.25, 0.3) is 0 Å². The van der Waals surface area contributed by atoms with Crippen molar-refractivity contribution in [2.75, 3.05) is 64.9 Å². The molecule has 0 spiro atoms. The first-order valence-corrected chi connectivity index (χ1v) is 15.2. The molecule has 2 aromatic rings. The Hall–Kier alpha value is -2.82. The molecular weight excluding hydrogens is 581 g/mol. The third-order valence-electron chi connectivity index (χ3n) is 8.19. The van der Waals surface area contributed by atoms with E-state index in [1.807, 2.05) is 66.9 Å². The first kappa shape index (κ1) is 33.1. The molecule has 236 valence electrons. The Morgan fingerprint density at radius 2 is 1.72 bits per heavy atom. The summed E-state index contributed by atoms with van der Waals surface area (Å²) < 4.78 is 47.2. The number of carbonyl (C=O) groups excluding carboxylic acids is 2. The van der Waals surface area contributed by atoms with E-state index in [1.54, 1.807) is 0 Å². The Morgan fingerprint density at radius 1 is 1.05 bits per heavy atom. The topological polar surface area (TPSA) is 65.1 Å². The van der Waals surface area contributed by atoms with Crippen molar-refractivity contribution in [3.05, 3.63) is 64.2 Å². The fourth-order valence-electron chi connectivity index (χ4n) is 5.86. The van der Waals surface area contributed by atoms with Gasteiger partial charge in [-0.3, -0.25) is 9.59 Å². The Kier molecular flexibility index (Phi) is 11.0. The van der Waals surface area contributed by atoms with Crippen molar-refractivity contribution in [3.8, 4) is 0 Å². The SMILES string of the molecule is CC(C)CC(NC(=O)CCN(C)C)c1cc(C(F)(F)F)ccc1N1CCN(C(=O)C2COCC2c2ccc(Cl)cc2)CC1. The number of amides is 2. The van der Waals surface area contributed by atoms with Crippen LogP contribution in [0.5, 0.6) is 0 Å². The Labute approximate surface area is 257 Å². The monoisotopic (exact) mass is 622 g/mol. The zero-order chi connectivity index (χ0) is 31.3. The number of piperazine rings is 1. The van der Waals surface area contributed by atoms with E-state index in [2.05, 4.69) is 5.32 Å². The number of hydrogen-bond donors (Lipinski definition) is 1. The molecule has 0 radical (unpaired) electrons. The van der Waals surface area contributed by atoms with Crippen molar-refractivity contribution in [2.24, 2.45) is 11.8 Å². The summed E-state index contributed by atoms with van der Waals surface area (Å²) in [7, 11) is 3.73. The van der Waals surface area contributed by atoms with Crippen LogP contribution in [0.2, 0.25) is 5.02 Å². The summed E-state index contributed by atoms with van der Waals surface area (Å²) in [6.07, 6.45) is -3.77. The number of nitrogens with zero attached hydrogens (tertiary/aromatic N) is 3. The third kappa shape index (κ3) is 8.64. The molecule has 3 atom stereocenters. The number of ether oxygens (including phenoxy) is 1. The van der Waals surface area contributed by atoms with Gasteiger partial charge in [-0.25, -0.2) is 0 Å². The molecule has 0 bridgehead atoms. The lowest BCUT2D eigenvalue weighted by atomic mass is 9.88. The molecule has 7 nitrogen and oxygen atoms in total. The average Bonchev–Trinajstić information content (AvgIpc) is 3.45. The summed E-state index contributed by atoms with van der Waals surface area (Å²) in [5.41, 5.74) is 1.37. The van der Waals surface area contributed by atoms with E-state index in [4.69, 9.17) is 16.3 Å². The van der Waals surface area contributed by atoms with Crippen LogP contribution in [0, 0.1) is 11.8 Å². The highest BCUT2D eigenvalue weighted by molar-refractivity contribution is 6.30. The number of benzene rings is 2. The largest absolute Gasteiger partial charge is 0.416 e. The molecule has 0 saturated carbocycles. The molecule has 2 aliphatic heterocycles. The predicted octanol–water partition coefficient (Wildman–Crippen LogP) is 5.59. The van der Waals surface area contributed by atoms with Gasteiger partial charge < -0.3 is 24.8 Å². The molecule has 2 aromatic carbocycles. The maximum atomic E-state index is 13.8. The van der Waals surface area contributed by atoms with Crippen molar-refractivity contribution in [1.29, 1.82) is 0 Å². The minimum Gasteiger partial charge on any atom is -0.380 e. The van der Waals surface area contributed by atoms with Crippen molar-refractivity contribution in [3.63, 3.8) is 0 Å². The first-order chi connectivity index (χ1) is 20.3. The van der Waals surface area contributed by atoms with E-state index in [1.165, 1.54) is 12.1 Å². The quantitative estimate of drug-likeness (QED) is 0.374. The zero-order valence-corrected chi connectivity index (χ0v) is 26.0. The highest BCUT2D eigenvalue weighted by atomic mass is 35.5. The van der Waals surface area contributed by atoms with Crippen LogP contribution >= 0.6 is 11.6 Å². The van der Waals surface area contributed by atoms with E-state index in [0.29, 0.717) is 68.6 Å². The van der Waals surface area contributed by atoms with Gasteiger partial charge in [0, 0.05) is 55.8 Å². The van der Waals surface area contributed by atoms with Gasteiger partial charge in [0.05, 0.1) is 30.7 Å². The lowest BCUT2D eigenvalue weighted by molar-refractivity contribution is -0.138. The summed E-state index contributed by atoms with van der Waals surface area (Å²) >= 11 is 6.05. The van der Waals surface area contributed by atoms with E-state index >= 15 is 0 Å². The number of carbonyl (C=O) groups is 2. The molecule has 0 aromatic heterocycles. The number of alkyl halides is 3. The Morgan fingerprint density at radius 3 is 2.33 bits per heavy atom. The summed E-state index contributed by atoms with van der Waals surface area (Å²) in [6, 6.07) is 10.7. The maximum Gasteiger partial charge on any atom is 0.416 e. The van der Waals surface area contributed by atoms with Gasteiger partial charge in [0.25, 0.3) is 0 Å². The fourth-order valence-corrected chi connectivity index (χ4v) is 5.99. The van der Waals surface area contributed by atoms with Crippen LogP contribution in [-0.4, -0.2) is 81.6 Å². The number of nitrogens with one attached hydrogen (secondary N) is 1. The van der Waals surface area contributed by atoms with Crippen molar-refractivity contribution in [2.45, 2.75) is 44.8 Å². The van der Waals surface area contributed by atoms with E-state index in [9.17, 15) is 22.8 Å². The van der Waals surface area contributed by atoms with Gasteiger partial charge in [0.2, 0.25) is 11.8 Å². The maximum absolute atomic E-state index is 13.8. The van der Waals surface area contributed by atoms with Gasteiger partial charge in [-0.15, -0.1) is 0 Å². The van der Waals surface area contributed by atoms with Crippen LogP contribution in [0.4, 0.5) is 18.9 Å². The summed E-state index contributed by atoms with van der Waals surface area (Å²) in [5.74, 6) is -0.402.